The number of nitrogens with two attached hydrogens (primary N) is 1. The SMILES string of the molecule is CC(C)(N)C(C)(CCn1ccc(-c2ccc(-n3nccn3)cc2)cc1=O)C(=O)NO. The number of aryl methyl sites for hydroxylation is 1. The Morgan fingerprint density at radius 1 is 1.10 bits per heavy atom. The van der Waals surface area contributed by atoms with E-state index in [1.54, 1.807) is 50.9 Å². The van der Waals surface area contributed by atoms with Gasteiger partial charge in [-0.25, -0.2) is 5.48 Å². The molecule has 9 heteroatoms. The molecule has 0 aliphatic carbocycles. The normalized spacial score (nSPS) is 13.6. The number of rotatable bonds is 7. The Hall–Kier alpha value is -3.30. The van der Waals surface area contributed by atoms with Gasteiger partial charge in [0.25, 0.3) is 11.5 Å². The summed E-state index contributed by atoms with van der Waals surface area (Å²) in [5.74, 6) is -0.577. The maximum atomic E-state index is 12.6. The lowest BCUT2D eigenvalue weighted by atomic mass is 9.70. The zero-order chi connectivity index (χ0) is 21.9. The van der Waals surface area contributed by atoms with Crippen LogP contribution in [0.15, 0.2) is 59.8 Å². The fraction of sp³-hybridized carbons (Fsp3) is 0.333. The van der Waals surface area contributed by atoms with Crippen LogP contribution in [0, 0.1) is 5.41 Å². The first-order valence-corrected chi connectivity index (χ1v) is 9.57. The molecule has 2 heterocycles. The van der Waals surface area contributed by atoms with Gasteiger partial charge in [0.05, 0.1) is 23.5 Å². The van der Waals surface area contributed by atoms with Crippen LogP contribution in [0.4, 0.5) is 0 Å². The fourth-order valence-corrected chi connectivity index (χ4v) is 3.20. The molecule has 0 bridgehead atoms. The summed E-state index contributed by atoms with van der Waals surface area (Å²) in [6.45, 7) is 5.40. The third kappa shape index (κ3) is 4.17. The van der Waals surface area contributed by atoms with Crippen LogP contribution in [0.25, 0.3) is 16.8 Å². The molecule has 1 atom stereocenters. The minimum atomic E-state index is -1.06. The number of hydrogen-bond acceptors (Lipinski definition) is 6. The Morgan fingerprint density at radius 3 is 2.27 bits per heavy atom. The number of carbonyl (C=O) groups is 1. The van der Waals surface area contributed by atoms with Gasteiger partial charge in [0, 0.05) is 24.3 Å². The van der Waals surface area contributed by atoms with Crippen molar-refractivity contribution in [3.8, 4) is 16.8 Å². The van der Waals surface area contributed by atoms with E-state index in [9.17, 15) is 9.59 Å². The number of nitrogens with one attached hydrogen (secondary N) is 1. The highest BCUT2D eigenvalue weighted by molar-refractivity contribution is 5.82. The van der Waals surface area contributed by atoms with Crippen molar-refractivity contribution in [2.75, 3.05) is 0 Å². The molecule has 0 fully saturated rings. The molecular weight excluding hydrogens is 384 g/mol. The molecule has 1 amide bonds. The first kappa shape index (κ1) is 21.4. The van der Waals surface area contributed by atoms with E-state index in [2.05, 4.69) is 10.2 Å². The number of pyridine rings is 1. The van der Waals surface area contributed by atoms with E-state index < -0.39 is 16.9 Å². The molecule has 9 nitrogen and oxygen atoms in total. The molecular formula is C21H26N6O3. The van der Waals surface area contributed by atoms with E-state index in [4.69, 9.17) is 10.9 Å². The Kier molecular flexibility index (Phi) is 5.86. The molecule has 1 unspecified atom stereocenters. The highest BCUT2D eigenvalue weighted by Gasteiger charge is 2.44. The summed E-state index contributed by atoms with van der Waals surface area (Å²) >= 11 is 0. The van der Waals surface area contributed by atoms with Gasteiger partial charge in [-0.05, 0) is 56.5 Å². The predicted octanol–water partition coefficient (Wildman–Crippen LogP) is 1.74. The quantitative estimate of drug-likeness (QED) is 0.402. The van der Waals surface area contributed by atoms with Crippen LogP contribution < -0.4 is 16.8 Å². The summed E-state index contributed by atoms with van der Waals surface area (Å²) in [6, 6.07) is 11.0. The molecule has 0 radical (unpaired) electrons. The van der Waals surface area contributed by atoms with Gasteiger partial charge in [0.2, 0.25) is 0 Å². The molecule has 0 spiro atoms. The van der Waals surface area contributed by atoms with Gasteiger partial charge in [0.1, 0.15) is 0 Å². The van der Waals surface area contributed by atoms with E-state index >= 15 is 0 Å². The van der Waals surface area contributed by atoms with Crippen molar-refractivity contribution in [2.45, 2.75) is 39.3 Å². The van der Waals surface area contributed by atoms with Gasteiger partial charge in [-0.2, -0.15) is 15.0 Å². The van der Waals surface area contributed by atoms with Crippen molar-refractivity contribution in [1.82, 2.24) is 25.0 Å². The lowest BCUT2D eigenvalue weighted by Gasteiger charge is -2.39. The topological polar surface area (TPSA) is 128 Å². The van der Waals surface area contributed by atoms with Crippen molar-refractivity contribution < 1.29 is 10.0 Å². The summed E-state index contributed by atoms with van der Waals surface area (Å²) in [4.78, 5) is 26.3. The Balaban J connectivity index is 1.78. The van der Waals surface area contributed by atoms with Crippen LogP contribution in [-0.4, -0.2) is 36.2 Å². The van der Waals surface area contributed by atoms with Gasteiger partial charge in [-0.15, -0.1) is 0 Å². The maximum Gasteiger partial charge on any atom is 0.251 e. The molecule has 0 aliphatic heterocycles. The van der Waals surface area contributed by atoms with Crippen LogP contribution in [0.5, 0.6) is 0 Å². The monoisotopic (exact) mass is 410 g/mol. The third-order valence-electron chi connectivity index (χ3n) is 5.72. The zero-order valence-corrected chi connectivity index (χ0v) is 17.2. The van der Waals surface area contributed by atoms with Gasteiger partial charge in [-0.3, -0.25) is 14.8 Å². The third-order valence-corrected chi connectivity index (χ3v) is 5.72. The minimum absolute atomic E-state index is 0.188. The van der Waals surface area contributed by atoms with Crippen molar-refractivity contribution in [3.63, 3.8) is 0 Å². The first-order valence-electron chi connectivity index (χ1n) is 9.57. The molecule has 30 heavy (non-hydrogen) atoms. The highest BCUT2D eigenvalue weighted by Crippen LogP contribution is 2.33. The summed E-state index contributed by atoms with van der Waals surface area (Å²) in [5, 5.41) is 17.3. The van der Waals surface area contributed by atoms with Crippen molar-refractivity contribution in [1.29, 1.82) is 0 Å². The fourth-order valence-electron chi connectivity index (χ4n) is 3.20. The number of hydroxylamine groups is 1. The standard InChI is InChI=1S/C21H26N6O3/c1-20(2,22)21(3,19(29)25-30)9-13-26-12-8-16(14-18(26)28)15-4-6-17(7-5-15)27-23-10-11-24-27/h4-8,10-12,14,30H,9,13,22H2,1-3H3,(H,25,29). The van der Waals surface area contributed by atoms with E-state index in [0.29, 0.717) is 0 Å². The summed E-state index contributed by atoms with van der Waals surface area (Å²) < 4.78 is 1.53. The molecule has 0 saturated carbocycles. The molecule has 2 aromatic heterocycles. The van der Waals surface area contributed by atoms with E-state index in [1.807, 2.05) is 30.3 Å². The highest BCUT2D eigenvalue weighted by atomic mass is 16.5. The van der Waals surface area contributed by atoms with Gasteiger partial charge in [-0.1, -0.05) is 12.1 Å². The van der Waals surface area contributed by atoms with E-state index in [0.717, 1.165) is 16.8 Å². The number of benzene rings is 1. The Bertz CT molecular complexity index is 1070. The van der Waals surface area contributed by atoms with E-state index in [-0.39, 0.29) is 18.5 Å². The van der Waals surface area contributed by atoms with Crippen LogP contribution in [0.1, 0.15) is 27.2 Å². The molecule has 0 saturated heterocycles. The Labute approximate surface area is 174 Å². The number of carbonyl (C=O) groups excluding carboxylic acids is 1. The van der Waals surface area contributed by atoms with E-state index in [1.165, 1.54) is 9.36 Å². The molecule has 158 valence electrons. The number of hydrogen-bond donors (Lipinski definition) is 3. The molecule has 3 aromatic rings. The first-order chi connectivity index (χ1) is 14.2. The van der Waals surface area contributed by atoms with Crippen LogP contribution in [0.3, 0.4) is 0 Å². The summed E-state index contributed by atoms with van der Waals surface area (Å²) in [7, 11) is 0. The number of aromatic nitrogens is 4. The molecule has 1 aromatic carbocycles. The summed E-state index contributed by atoms with van der Waals surface area (Å²) in [5.41, 5.74) is 8.22. The maximum absolute atomic E-state index is 12.6. The second-order valence-electron chi connectivity index (χ2n) is 8.06. The van der Waals surface area contributed by atoms with Crippen LogP contribution in [0.2, 0.25) is 0 Å². The largest absolute Gasteiger partial charge is 0.325 e. The van der Waals surface area contributed by atoms with Gasteiger partial charge >= 0.3 is 0 Å². The van der Waals surface area contributed by atoms with Crippen molar-refractivity contribution in [3.05, 3.63) is 65.3 Å². The van der Waals surface area contributed by atoms with Crippen molar-refractivity contribution >= 4 is 5.91 Å². The molecule has 0 aliphatic rings. The van der Waals surface area contributed by atoms with Crippen molar-refractivity contribution in [2.24, 2.45) is 11.1 Å². The second kappa shape index (κ2) is 8.21. The molecule has 3 rings (SSSR count). The average Bonchev–Trinajstić information content (AvgIpc) is 3.26. The van der Waals surface area contributed by atoms with Crippen LogP contribution >= 0.6 is 0 Å². The van der Waals surface area contributed by atoms with Crippen LogP contribution in [-0.2, 0) is 11.3 Å². The summed E-state index contributed by atoms with van der Waals surface area (Å²) in [6.07, 6.45) is 5.19. The molecule has 4 N–H and O–H groups in total. The predicted molar refractivity (Wildman–Crippen MR) is 112 cm³/mol. The Morgan fingerprint density at radius 2 is 1.73 bits per heavy atom. The number of amides is 1. The lowest BCUT2D eigenvalue weighted by molar-refractivity contribution is -0.143. The minimum Gasteiger partial charge on any atom is -0.325 e. The average molecular weight is 410 g/mol. The van der Waals surface area contributed by atoms with Gasteiger partial charge < -0.3 is 10.3 Å². The lowest BCUT2D eigenvalue weighted by Crippen LogP contribution is -2.57. The van der Waals surface area contributed by atoms with Gasteiger partial charge in [0.15, 0.2) is 0 Å². The second-order valence-corrected chi connectivity index (χ2v) is 8.06. The number of nitrogens with zero attached hydrogens (tertiary/aromatic N) is 4. The smallest absolute Gasteiger partial charge is 0.251 e. The zero-order valence-electron chi connectivity index (χ0n) is 17.2.